The Morgan fingerprint density at radius 1 is 1.36 bits per heavy atom. The molecule has 22 heavy (non-hydrogen) atoms. The highest BCUT2D eigenvalue weighted by molar-refractivity contribution is 5.95. The summed E-state index contributed by atoms with van der Waals surface area (Å²) in [5.74, 6) is -0.106. The summed E-state index contributed by atoms with van der Waals surface area (Å²) in [7, 11) is 0. The molecule has 0 aliphatic carbocycles. The van der Waals surface area contributed by atoms with Gasteiger partial charge < -0.3 is 4.90 Å². The van der Waals surface area contributed by atoms with Gasteiger partial charge in [0.1, 0.15) is 6.54 Å². The summed E-state index contributed by atoms with van der Waals surface area (Å²) in [6.07, 6.45) is 0.718. The van der Waals surface area contributed by atoms with E-state index in [9.17, 15) is 14.9 Å². The van der Waals surface area contributed by atoms with Gasteiger partial charge in [-0.15, -0.1) is 0 Å². The molecule has 0 bridgehead atoms. The Morgan fingerprint density at radius 3 is 2.77 bits per heavy atom. The lowest BCUT2D eigenvalue weighted by atomic mass is 10.1. The minimum absolute atomic E-state index is 0.00423. The fourth-order valence-electron chi connectivity index (χ4n) is 2.79. The smallest absolute Gasteiger partial charge is 0.271 e. The molecule has 1 amide bonds. The summed E-state index contributed by atoms with van der Waals surface area (Å²) in [6, 6.07) is 6.59. The molecule has 7 heteroatoms. The molecule has 0 radical (unpaired) electrons. The van der Waals surface area contributed by atoms with Gasteiger partial charge >= 0.3 is 0 Å². The normalized spacial score (nSPS) is 13.3. The predicted octanol–water partition coefficient (Wildman–Crippen LogP) is 2.00. The standard InChI is InChI=1S/C15H16N4O3/c1-10-7-11(2)18(16-10)9-15(20)17-6-5-12-3-4-13(19(21)22)8-14(12)17/h3-4,7-8H,5-6,9H2,1-2H3. The number of carbonyl (C=O) groups is 1. The molecule has 0 N–H and O–H groups in total. The molecule has 0 unspecified atom stereocenters. The fourth-order valence-corrected chi connectivity index (χ4v) is 2.79. The number of nitrogens with zero attached hydrogens (tertiary/aromatic N) is 4. The van der Waals surface area contributed by atoms with Gasteiger partial charge in [-0.25, -0.2) is 0 Å². The first kappa shape index (κ1) is 14.2. The van der Waals surface area contributed by atoms with Crippen molar-refractivity contribution < 1.29 is 9.72 Å². The van der Waals surface area contributed by atoms with Crippen molar-refractivity contribution in [3.63, 3.8) is 0 Å². The number of anilines is 1. The number of amides is 1. The molecule has 1 aromatic carbocycles. The van der Waals surface area contributed by atoms with Crippen LogP contribution in [0.3, 0.4) is 0 Å². The number of nitro benzene ring substituents is 1. The monoisotopic (exact) mass is 300 g/mol. The first-order valence-electron chi connectivity index (χ1n) is 7.04. The number of hydrogen-bond acceptors (Lipinski definition) is 4. The summed E-state index contributed by atoms with van der Waals surface area (Å²) in [5.41, 5.74) is 3.39. The maximum Gasteiger partial charge on any atom is 0.271 e. The van der Waals surface area contributed by atoms with E-state index < -0.39 is 4.92 Å². The van der Waals surface area contributed by atoms with E-state index in [1.54, 1.807) is 15.6 Å². The van der Waals surface area contributed by atoms with Crippen molar-refractivity contribution in [3.8, 4) is 0 Å². The third kappa shape index (κ3) is 2.45. The molecular weight excluding hydrogens is 284 g/mol. The van der Waals surface area contributed by atoms with Crippen molar-refractivity contribution in [2.45, 2.75) is 26.8 Å². The van der Waals surface area contributed by atoms with E-state index in [1.807, 2.05) is 19.9 Å². The maximum absolute atomic E-state index is 12.5. The fraction of sp³-hybridized carbons (Fsp3) is 0.333. The minimum atomic E-state index is -0.442. The highest BCUT2D eigenvalue weighted by Gasteiger charge is 2.27. The van der Waals surface area contributed by atoms with Gasteiger partial charge in [0.05, 0.1) is 16.3 Å². The highest BCUT2D eigenvalue weighted by Crippen LogP contribution is 2.31. The Hall–Kier alpha value is -2.70. The number of carbonyl (C=O) groups excluding carboxylic acids is 1. The minimum Gasteiger partial charge on any atom is -0.310 e. The summed E-state index contributed by atoms with van der Waals surface area (Å²) < 4.78 is 1.66. The van der Waals surface area contributed by atoms with E-state index in [0.717, 1.165) is 23.4 Å². The second-order valence-electron chi connectivity index (χ2n) is 5.45. The second-order valence-corrected chi connectivity index (χ2v) is 5.45. The van der Waals surface area contributed by atoms with Crippen LogP contribution < -0.4 is 4.90 Å². The number of non-ortho nitro benzene ring substituents is 1. The second kappa shape index (κ2) is 5.25. The Labute approximate surface area is 127 Å². The number of rotatable bonds is 3. The number of aromatic nitrogens is 2. The van der Waals surface area contributed by atoms with E-state index in [-0.39, 0.29) is 18.1 Å². The van der Waals surface area contributed by atoms with Gasteiger partial charge in [0.2, 0.25) is 5.91 Å². The first-order chi connectivity index (χ1) is 10.5. The number of benzene rings is 1. The molecule has 2 aromatic rings. The first-order valence-corrected chi connectivity index (χ1v) is 7.04. The molecule has 0 fully saturated rings. The Balaban J connectivity index is 1.86. The highest BCUT2D eigenvalue weighted by atomic mass is 16.6. The van der Waals surface area contributed by atoms with Crippen molar-refractivity contribution in [2.75, 3.05) is 11.4 Å². The van der Waals surface area contributed by atoms with Crippen LogP contribution >= 0.6 is 0 Å². The van der Waals surface area contributed by atoms with Crippen LogP contribution in [0, 0.1) is 24.0 Å². The van der Waals surface area contributed by atoms with E-state index in [0.29, 0.717) is 12.2 Å². The van der Waals surface area contributed by atoms with Crippen molar-refractivity contribution in [1.82, 2.24) is 9.78 Å². The Morgan fingerprint density at radius 2 is 2.14 bits per heavy atom. The molecular formula is C15H16N4O3. The maximum atomic E-state index is 12.5. The zero-order valence-corrected chi connectivity index (χ0v) is 12.4. The molecule has 1 aliphatic rings. The summed E-state index contributed by atoms with van der Waals surface area (Å²) in [6.45, 7) is 4.47. The number of nitro groups is 1. The zero-order chi connectivity index (χ0) is 15.9. The van der Waals surface area contributed by atoms with Crippen molar-refractivity contribution >= 4 is 17.3 Å². The van der Waals surface area contributed by atoms with Gasteiger partial charge in [0.25, 0.3) is 5.69 Å². The Bertz CT molecular complexity index is 766. The largest absolute Gasteiger partial charge is 0.310 e. The number of hydrogen-bond donors (Lipinski definition) is 0. The lowest BCUT2D eigenvalue weighted by Crippen LogP contribution is -2.32. The van der Waals surface area contributed by atoms with Crippen LogP contribution in [0.4, 0.5) is 11.4 Å². The van der Waals surface area contributed by atoms with Crippen LogP contribution in [-0.4, -0.2) is 27.2 Å². The molecule has 2 heterocycles. The summed E-state index contributed by atoms with van der Waals surface area (Å²) >= 11 is 0. The topological polar surface area (TPSA) is 81.3 Å². The van der Waals surface area contributed by atoms with Gasteiger partial charge in [0, 0.05) is 24.4 Å². The molecule has 1 aromatic heterocycles. The van der Waals surface area contributed by atoms with Crippen LogP contribution in [0.15, 0.2) is 24.3 Å². The third-order valence-electron chi connectivity index (χ3n) is 3.86. The van der Waals surface area contributed by atoms with E-state index in [4.69, 9.17) is 0 Å². The van der Waals surface area contributed by atoms with Crippen LogP contribution in [0.1, 0.15) is 17.0 Å². The lowest BCUT2D eigenvalue weighted by Gasteiger charge is -2.17. The quantitative estimate of drug-likeness (QED) is 0.641. The molecule has 0 saturated carbocycles. The van der Waals surface area contributed by atoms with Crippen LogP contribution in [0.2, 0.25) is 0 Å². The van der Waals surface area contributed by atoms with Gasteiger partial charge in [-0.05, 0) is 31.9 Å². The Kier molecular flexibility index (Phi) is 3.40. The molecule has 7 nitrogen and oxygen atoms in total. The summed E-state index contributed by atoms with van der Waals surface area (Å²) in [5, 5.41) is 15.2. The molecule has 3 rings (SSSR count). The average molecular weight is 300 g/mol. The number of aryl methyl sites for hydroxylation is 2. The molecule has 1 aliphatic heterocycles. The van der Waals surface area contributed by atoms with Crippen molar-refractivity contribution in [2.24, 2.45) is 0 Å². The van der Waals surface area contributed by atoms with Crippen LogP contribution in [0.5, 0.6) is 0 Å². The molecule has 0 atom stereocenters. The van der Waals surface area contributed by atoms with Gasteiger partial charge in [-0.3, -0.25) is 19.6 Å². The predicted molar refractivity (Wildman–Crippen MR) is 80.9 cm³/mol. The van der Waals surface area contributed by atoms with Crippen LogP contribution in [-0.2, 0) is 17.8 Å². The zero-order valence-electron chi connectivity index (χ0n) is 12.4. The van der Waals surface area contributed by atoms with E-state index in [1.165, 1.54) is 12.1 Å². The van der Waals surface area contributed by atoms with E-state index >= 15 is 0 Å². The molecule has 0 spiro atoms. The third-order valence-corrected chi connectivity index (χ3v) is 3.86. The average Bonchev–Trinajstić information content (AvgIpc) is 3.01. The SMILES string of the molecule is Cc1cc(C)n(CC(=O)N2CCc3ccc([N+](=O)[O-])cc32)n1. The number of fused-ring (bicyclic) bond motifs is 1. The summed E-state index contributed by atoms with van der Waals surface area (Å²) in [4.78, 5) is 24.6. The van der Waals surface area contributed by atoms with E-state index in [2.05, 4.69) is 5.10 Å². The van der Waals surface area contributed by atoms with Crippen molar-refractivity contribution in [1.29, 1.82) is 0 Å². The van der Waals surface area contributed by atoms with Gasteiger partial charge in [0.15, 0.2) is 0 Å². The van der Waals surface area contributed by atoms with Gasteiger partial charge in [-0.2, -0.15) is 5.10 Å². The van der Waals surface area contributed by atoms with Crippen LogP contribution in [0.25, 0.3) is 0 Å². The van der Waals surface area contributed by atoms with Crippen molar-refractivity contribution in [3.05, 3.63) is 51.3 Å². The lowest BCUT2D eigenvalue weighted by molar-refractivity contribution is -0.384. The molecule has 0 saturated heterocycles. The van der Waals surface area contributed by atoms with Gasteiger partial charge in [-0.1, -0.05) is 6.07 Å². The molecule has 114 valence electrons.